The Morgan fingerprint density at radius 2 is 2.27 bits per heavy atom. The van der Waals surface area contributed by atoms with Gasteiger partial charge in [0.25, 0.3) is 0 Å². The number of ether oxygens (including phenoxy) is 3. The number of rotatable bonds is 4. The molecule has 2 saturated carbocycles. The average molecular weight is 305 g/mol. The zero-order valence-electron chi connectivity index (χ0n) is 12.0. The fourth-order valence-electron chi connectivity index (χ4n) is 3.72. The lowest BCUT2D eigenvalue weighted by Crippen LogP contribution is -2.40. The summed E-state index contributed by atoms with van der Waals surface area (Å²) in [6.45, 7) is 4.37. The Hall–Kier alpha value is -2.36. The van der Waals surface area contributed by atoms with Crippen molar-refractivity contribution in [3.8, 4) is 6.07 Å². The van der Waals surface area contributed by atoms with Gasteiger partial charge < -0.3 is 14.2 Å². The molecule has 0 aromatic rings. The molecule has 0 N–H and O–H groups in total. The van der Waals surface area contributed by atoms with Gasteiger partial charge in [-0.25, -0.2) is 9.59 Å². The van der Waals surface area contributed by atoms with E-state index in [0.717, 1.165) is 0 Å². The summed E-state index contributed by atoms with van der Waals surface area (Å²) in [6, 6.07) is 2.08. The summed E-state index contributed by atoms with van der Waals surface area (Å²) in [5.74, 6) is -2.16. The Morgan fingerprint density at radius 3 is 2.91 bits per heavy atom. The van der Waals surface area contributed by atoms with Crippen molar-refractivity contribution in [2.45, 2.75) is 32.0 Å². The van der Waals surface area contributed by atoms with Crippen LogP contribution >= 0.6 is 0 Å². The summed E-state index contributed by atoms with van der Waals surface area (Å²) < 4.78 is 15.3. The Kier molecular flexibility index (Phi) is 3.20. The minimum atomic E-state index is -1.06. The smallest absolute Gasteiger partial charge is 0.344 e. The van der Waals surface area contributed by atoms with Crippen LogP contribution in [0, 0.1) is 28.6 Å². The second-order valence-corrected chi connectivity index (χ2v) is 6.07. The molecule has 0 amide bonds. The Morgan fingerprint density at radius 1 is 1.55 bits per heavy atom. The maximum Gasteiger partial charge on any atom is 0.344 e. The van der Waals surface area contributed by atoms with Gasteiger partial charge in [-0.15, -0.1) is 0 Å². The first-order chi connectivity index (χ1) is 10.4. The van der Waals surface area contributed by atoms with Crippen molar-refractivity contribution in [1.82, 2.24) is 0 Å². The molecule has 3 aliphatic rings. The predicted molar refractivity (Wildman–Crippen MR) is 69.8 cm³/mol. The summed E-state index contributed by atoms with van der Waals surface area (Å²) in [6.07, 6.45) is -0.138. The molecule has 2 aliphatic carbocycles. The van der Waals surface area contributed by atoms with E-state index in [9.17, 15) is 19.6 Å². The lowest BCUT2D eigenvalue weighted by Gasteiger charge is -2.27. The molecule has 1 heterocycles. The largest absolute Gasteiger partial charge is 0.457 e. The maximum absolute atomic E-state index is 11.9. The van der Waals surface area contributed by atoms with Crippen molar-refractivity contribution >= 4 is 17.9 Å². The van der Waals surface area contributed by atoms with Crippen molar-refractivity contribution in [1.29, 1.82) is 5.26 Å². The normalized spacial score (nSPS) is 37.4. The number of fused-ring (bicyclic) bond motifs is 1. The molecule has 7 nitrogen and oxygen atoms in total. The van der Waals surface area contributed by atoms with Crippen molar-refractivity contribution in [2.24, 2.45) is 17.3 Å². The lowest BCUT2D eigenvalue weighted by molar-refractivity contribution is -0.168. The van der Waals surface area contributed by atoms with Crippen LogP contribution in [0.5, 0.6) is 0 Å². The van der Waals surface area contributed by atoms with Gasteiger partial charge in [-0.2, -0.15) is 5.26 Å². The molecule has 1 aliphatic heterocycles. The van der Waals surface area contributed by atoms with E-state index < -0.39 is 42.1 Å². The first-order valence-electron chi connectivity index (χ1n) is 7.03. The van der Waals surface area contributed by atoms with E-state index in [4.69, 9.17) is 14.2 Å². The van der Waals surface area contributed by atoms with Crippen LogP contribution in [0.4, 0.5) is 0 Å². The molecular weight excluding hydrogens is 290 g/mol. The Labute approximate surface area is 126 Å². The second-order valence-electron chi connectivity index (χ2n) is 6.07. The van der Waals surface area contributed by atoms with Crippen molar-refractivity contribution in [2.75, 3.05) is 6.61 Å². The summed E-state index contributed by atoms with van der Waals surface area (Å²) in [7, 11) is 0. The van der Waals surface area contributed by atoms with Crippen molar-refractivity contribution in [3.05, 3.63) is 12.2 Å². The van der Waals surface area contributed by atoms with Crippen LogP contribution in [-0.2, 0) is 28.6 Å². The number of carbonyl (C=O) groups is 3. The number of hydrogen-bond acceptors (Lipinski definition) is 7. The van der Waals surface area contributed by atoms with Gasteiger partial charge in [0.2, 0.25) is 0 Å². The number of carbonyl (C=O) groups excluding carboxylic acids is 3. The molecule has 3 fully saturated rings. The third-order valence-corrected chi connectivity index (χ3v) is 4.70. The Balaban J connectivity index is 1.61. The van der Waals surface area contributed by atoms with Crippen molar-refractivity contribution in [3.63, 3.8) is 0 Å². The van der Waals surface area contributed by atoms with Crippen LogP contribution in [0.1, 0.15) is 19.8 Å². The minimum absolute atomic E-state index is 0.0677. The first kappa shape index (κ1) is 14.6. The molecule has 7 heteroatoms. The molecule has 2 bridgehead atoms. The van der Waals surface area contributed by atoms with Crippen molar-refractivity contribution < 1.29 is 28.6 Å². The highest BCUT2D eigenvalue weighted by Gasteiger charge is 2.72. The molecule has 0 aromatic heterocycles. The summed E-state index contributed by atoms with van der Waals surface area (Å²) in [5, 5.41) is 9.28. The fraction of sp³-hybridized carbons (Fsp3) is 0.600. The number of esters is 3. The van der Waals surface area contributed by atoms with E-state index in [1.807, 2.05) is 0 Å². The van der Waals surface area contributed by atoms with Crippen LogP contribution < -0.4 is 0 Å². The number of nitriles is 1. The molecule has 116 valence electrons. The summed E-state index contributed by atoms with van der Waals surface area (Å²) in [5.41, 5.74) is -0.874. The van der Waals surface area contributed by atoms with Gasteiger partial charge in [0.1, 0.15) is 12.2 Å². The third kappa shape index (κ3) is 1.90. The predicted octanol–water partition coefficient (Wildman–Crippen LogP) is 0.493. The maximum atomic E-state index is 11.9. The zero-order valence-corrected chi connectivity index (χ0v) is 12.0. The van der Waals surface area contributed by atoms with Crippen LogP contribution in [-0.4, -0.2) is 36.7 Å². The summed E-state index contributed by atoms with van der Waals surface area (Å²) in [4.78, 5) is 34.9. The van der Waals surface area contributed by atoms with Gasteiger partial charge in [-0.1, -0.05) is 6.58 Å². The quantitative estimate of drug-likeness (QED) is 0.423. The highest BCUT2D eigenvalue weighted by Crippen LogP contribution is 2.62. The zero-order chi connectivity index (χ0) is 16.1. The van der Waals surface area contributed by atoms with Crippen LogP contribution in [0.2, 0.25) is 0 Å². The molecule has 4 unspecified atom stereocenters. The highest BCUT2D eigenvalue weighted by molar-refractivity contribution is 5.88. The molecule has 0 aromatic carbocycles. The van der Waals surface area contributed by atoms with E-state index in [-0.39, 0.29) is 17.4 Å². The molecule has 1 saturated heterocycles. The van der Waals surface area contributed by atoms with Gasteiger partial charge in [0.05, 0.1) is 6.07 Å². The molecule has 3 rings (SSSR count). The fourth-order valence-corrected chi connectivity index (χ4v) is 3.72. The third-order valence-electron chi connectivity index (χ3n) is 4.70. The second kappa shape index (κ2) is 4.83. The Bertz CT molecular complexity index is 620. The summed E-state index contributed by atoms with van der Waals surface area (Å²) >= 11 is 0. The SMILES string of the molecule is C=C(C)C(=O)OCC(=O)OC1C2CC3C1OC(=O)[C@]3(C#N)C2. The molecular formula is C15H15NO6. The molecule has 22 heavy (non-hydrogen) atoms. The first-order valence-corrected chi connectivity index (χ1v) is 7.03. The standard InChI is InChI=1S/C15H15NO6/c1-7(2)13(18)20-5-10(17)21-11-8-3-9-12(11)22-14(19)15(9,4-8)6-16/h8-9,11-12H,1,3-5H2,2H3/t8?,9?,11?,12?,15-/m0/s1. The highest BCUT2D eigenvalue weighted by atomic mass is 16.6. The van der Waals surface area contributed by atoms with Crippen LogP contribution in [0.3, 0.4) is 0 Å². The van der Waals surface area contributed by atoms with Gasteiger partial charge >= 0.3 is 17.9 Å². The van der Waals surface area contributed by atoms with Gasteiger partial charge in [-0.3, -0.25) is 4.79 Å². The van der Waals surface area contributed by atoms with E-state index in [1.54, 1.807) is 0 Å². The molecule has 0 spiro atoms. The topological polar surface area (TPSA) is 103 Å². The monoisotopic (exact) mass is 305 g/mol. The molecule has 0 radical (unpaired) electrons. The average Bonchev–Trinajstić information content (AvgIpc) is 3.06. The van der Waals surface area contributed by atoms with Gasteiger partial charge in [0, 0.05) is 17.4 Å². The lowest BCUT2D eigenvalue weighted by atomic mass is 9.75. The number of hydrogen-bond donors (Lipinski definition) is 0. The van der Waals surface area contributed by atoms with Crippen LogP contribution in [0.25, 0.3) is 0 Å². The van der Waals surface area contributed by atoms with Gasteiger partial charge in [-0.05, 0) is 19.8 Å². The van der Waals surface area contributed by atoms with E-state index in [1.165, 1.54) is 6.92 Å². The minimum Gasteiger partial charge on any atom is -0.457 e. The van der Waals surface area contributed by atoms with E-state index in [2.05, 4.69) is 12.6 Å². The van der Waals surface area contributed by atoms with E-state index in [0.29, 0.717) is 12.8 Å². The van der Waals surface area contributed by atoms with E-state index >= 15 is 0 Å². The van der Waals surface area contributed by atoms with Gasteiger partial charge in [0.15, 0.2) is 12.0 Å². The molecule has 5 atom stereocenters. The number of nitrogens with zero attached hydrogens (tertiary/aromatic N) is 1. The van der Waals surface area contributed by atoms with Crippen LogP contribution in [0.15, 0.2) is 12.2 Å².